The van der Waals surface area contributed by atoms with Crippen LogP contribution in [0.4, 0.5) is 0 Å². The van der Waals surface area contributed by atoms with Crippen molar-refractivity contribution in [1.29, 1.82) is 0 Å². The van der Waals surface area contributed by atoms with Crippen LogP contribution in [0.1, 0.15) is 5.82 Å². The molecule has 0 aliphatic carbocycles. The van der Waals surface area contributed by atoms with Crippen molar-refractivity contribution >= 4 is 16.5 Å². The number of aromatic amines is 1. The smallest absolute Gasteiger partial charge is 0.345 e. The molecule has 1 aromatic heterocycles. The van der Waals surface area contributed by atoms with Gasteiger partial charge in [0.2, 0.25) is 0 Å². The first-order valence-corrected chi connectivity index (χ1v) is 4.15. The molecule has 7 heteroatoms. The van der Waals surface area contributed by atoms with Crippen LogP contribution in [0.3, 0.4) is 0 Å². The first kappa shape index (κ1) is 10.8. The van der Waals surface area contributed by atoms with E-state index in [1.807, 2.05) is 0 Å². The third-order valence-electron chi connectivity index (χ3n) is 0.713. The molecule has 3 N–H and O–H groups in total. The van der Waals surface area contributed by atoms with E-state index in [9.17, 15) is 0 Å². The summed E-state index contributed by atoms with van der Waals surface area (Å²) in [6.45, 7) is 3.51. The maximum Gasteiger partial charge on any atom is 0.394 e. The molecule has 0 amide bonds. The Labute approximate surface area is 69.5 Å². The largest absolute Gasteiger partial charge is 0.394 e. The van der Waals surface area contributed by atoms with Gasteiger partial charge in [0.1, 0.15) is 5.82 Å². The number of hydrogen-bond acceptors (Lipinski definition) is 3. The number of nitrogens with one attached hydrogen (secondary N) is 1. The second-order valence-electron chi connectivity index (χ2n) is 1.63. The Morgan fingerprint density at radius 2 is 2.08 bits per heavy atom. The van der Waals surface area contributed by atoms with Crippen molar-refractivity contribution in [3.8, 4) is 0 Å². The van der Waals surface area contributed by atoms with Gasteiger partial charge < -0.3 is 4.98 Å². The van der Waals surface area contributed by atoms with Crippen LogP contribution in [0.2, 0.25) is 0 Å². The monoisotopic (exact) mass is 192 g/mol. The molecular formula is C5H8N2O4S. The van der Waals surface area contributed by atoms with Crippen LogP contribution in [0.25, 0.3) is 6.08 Å². The maximum atomic E-state index is 8.74. The van der Waals surface area contributed by atoms with E-state index < -0.39 is 10.4 Å². The van der Waals surface area contributed by atoms with Gasteiger partial charge >= 0.3 is 10.4 Å². The van der Waals surface area contributed by atoms with E-state index in [1.54, 1.807) is 18.5 Å². The van der Waals surface area contributed by atoms with Gasteiger partial charge in [-0.3, -0.25) is 9.11 Å². The van der Waals surface area contributed by atoms with Crippen LogP contribution < -0.4 is 0 Å². The van der Waals surface area contributed by atoms with Gasteiger partial charge in [0.05, 0.1) is 0 Å². The number of nitrogens with zero attached hydrogens (tertiary/aromatic N) is 1. The highest BCUT2D eigenvalue weighted by atomic mass is 32.3. The molecule has 0 bridgehead atoms. The van der Waals surface area contributed by atoms with Gasteiger partial charge in [-0.2, -0.15) is 8.42 Å². The van der Waals surface area contributed by atoms with E-state index >= 15 is 0 Å². The molecule has 0 spiro atoms. The Morgan fingerprint density at radius 1 is 1.58 bits per heavy atom. The van der Waals surface area contributed by atoms with Crippen molar-refractivity contribution in [3.05, 3.63) is 24.8 Å². The van der Waals surface area contributed by atoms with Crippen molar-refractivity contribution < 1.29 is 17.5 Å². The standard InChI is InChI=1S/C5H6N2.H2O4S/c1-2-5-6-3-4-7-5;1-5(2,3)4/h2-4H,1H2,(H,6,7);(H2,1,2,3,4). The molecule has 68 valence electrons. The van der Waals surface area contributed by atoms with Crippen molar-refractivity contribution in [3.63, 3.8) is 0 Å². The van der Waals surface area contributed by atoms with Gasteiger partial charge in [0.25, 0.3) is 0 Å². The van der Waals surface area contributed by atoms with Crippen LogP contribution in [-0.4, -0.2) is 27.5 Å². The summed E-state index contributed by atoms with van der Waals surface area (Å²) in [7, 11) is -4.67. The maximum absolute atomic E-state index is 8.74. The molecule has 0 aliphatic rings. The second-order valence-corrected chi connectivity index (χ2v) is 2.52. The molecule has 0 aliphatic heterocycles. The lowest BCUT2D eigenvalue weighted by Gasteiger charge is -1.73. The highest BCUT2D eigenvalue weighted by Gasteiger charge is 1.84. The topological polar surface area (TPSA) is 103 Å². The number of imidazole rings is 1. The van der Waals surface area contributed by atoms with Crippen molar-refractivity contribution in [2.45, 2.75) is 0 Å². The minimum absolute atomic E-state index is 0.819. The number of rotatable bonds is 1. The predicted octanol–water partition coefficient (Wildman–Crippen LogP) is 0.400. The van der Waals surface area contributed by atoms with Crippen LogP contribution in [0, 0.1) is 0 Å². The lowest BCUT2D eigenvalue weighted by Crippen LogP contribution is -1.89. The summed E-state index contributed by atoms with van der Waals surface area (Å²) in [5.41, 5.74) is 0. The quantitative estimate of drug-likeness (QED) is 0.559. The zero-order valence-electron chi connectivity index (χ0n) is 6.01. The van der Waals surface area contributed by atoms with Crippen LogP contribution in [-0.2, 0) is 10.4 Å². The fourth-order valence-electron chi connectivity index (χ4n) is 0.389. The van der Waals surface area contributed by atoms with Gasteiger partial charge in [0, 0.05) is 12.4 Å². The average molecular weight is 192 g/mol. The lowest BCUT2D eigenvalue weighted by molar-refractivity contribution is 0.381. The fourth-order valence-corrected chi connectivity index (χ4v) is 0.389. The Bertz CT molecular complexity index is 307. The number of hydrogen-bond donors (Lipinski definition) is 3. The molecule has 0 fully saturated rings. The molecule has 0 radical (unpaired) electrons. The number of H-pyrrole nitrogens is 1. The first-order chi connectivity index (χ1) is 5.43. The molecule has 12 heavy (non-hydrogen) atoms. The van der Waals surface area contributed by atoms with Crippen LogP contribution in [0.15, 0.2) is 19.0 Å². The van der Waals surface area contributed by atoms with Gasteiger partial charge in [0.15, 0.2) is 0 Å². The molecule has 0 aromatic carbocycles. The Balaban J connectivity index is 0.000000217. The van der Waals surface area contributed by atoms with E-state index in [2.05, 4.69) is 16.5 Å². The summed E-state index contributed by atoms with van der Waals surface area (Å²) in [5, 5.41) is 0. The molecule has 1 rings (SSSR count). The average Bonchev–Trinajstić information content (AvgIpc) is 2.33. The zero-order chi connectivity index (χ0) is 9.61. The molecule has 6 nitrogen and oxygen atoms in total. The number of aromatic nitrogens is 2. The predicted molar refractivity (Wildman–Crippen MR) is 42.9 cm³/mol. The third-order valence-corrected chi connectivity index (χ3v) is 0.713. The van der Waals surface area contributed by atoms with Gasteiger partial charge in [-0.15, -0.1) is 0 Å². The lowest BCUT2D eigenvalue weighted by atomic mass is 10.6. The SMILES string of the molecule is C=Cc1ncc[nH]1.O=S(=O)(O)O. The van der Waals surface area contributed by atoms with Crippen molar-refractivity contribution in [2.75, 3.05) is 0 Å². The minimum atomic E-state index is -4.67. The summed E-state index contributed by atoms with van der Waals surface area (Å²) < 4.78 is 31.6. The highest BCUT2D eigenvalue weighted by molar-refractivity contribution is 7.79. The van der Waals surface area contributed by atoms with Crippen molar-refractivity contribution in [1.82, 2.24) is 9.97 Å². The molecule has 0 saturated heterocycles. The third kappa shape index (κ3) is 8.82. The molecule has 0 unspecified atom stereocenters. The van der Waals surface area contributed by atoms with Crippen LogP contribution >= 0.6 is 0 Å². The minimum Gasteiger partial charge on any atom is -0.345 e. The Kier molecular flexibility index (Phi) is 4.19. The fraction of sp³-hybridized carbons (Fsp3) is 0. The summed E-state index contributed by atoms with van der Waals surface area (Å²) >= 11 is 0. The summed E-state index contributed by atoms with van der Waals surface area (Å²) in [6, 6.07) is 0. The second kappa shape index (κ2) is 4.65. The van der Waals surface area contributed by atoms with Crippen molar-refractivity contribution in [2.24, 2.45) is 0 Å². The molecule has 0 saturated carbocycles. The summed E-state index contributed by atoms with van der Waals surface area (Å²) in [6.07, 6.45) is 5.12. The van der Waals surface area contributed by atoms with Gasteiger partial charge in [-0.1, -0.05) is 6.58 Å². The summed E-state index contributed by atoms with van der Waals surface area (Å²) in [4.78, 5) is 6.72. The highest BCUT2D eigenvalue weighted by Crippen LogP contribution is 1.85. The van der Waals surface area contributed by atoms with Crippen LogP contribution in [0.5, 0.6) is 0 Å². The molecule has 1 heterocycles. The Morgan fingerprint density at radius 3 is 2.25 bits per heavy atom. The van der Waals surface area contributed by atoms with E-state index in [0.717, 1.165) is 5.82 Å². The molecular weight excluding hydrogens is 184 g/mol. The van der Waals surface area contributed by atoms with Gasteiger partial charge in [-0.05, 0) is 6.08 Å². The zero-order valence-corrected chi connectivity index (χ0v) is 6.82. The Hall–Kier alpha value is -1.18. The van der Waals surface area contributed by atoms with E-state index in [0.29, 0.717) is 0 Å². The molecule has 0 atom stereocenters. The van der Waals surface area contributed by atoms with E-state index in [-0.39, 0.29) is 0 Å². The van der Waals surface area contributed by atoms with E-state index in [4.69, 9.17) is 17.5 Å². The molecule has 1 aromatic rings. The van der Waals surface area contributed by atoms with E-state index in [1.165, 1.54) is 0 Å². The van der Waals surface area contributed by atoms with Gasteiger partial charge in [-0.25, -0.2) is 4.98 Å². The summed E-state index contributed by atoms with van der Waals surface area (Å²) in [5.74, 6) is 0.819. The first-order valence-electron chi connectivity index (χ1n) is 2.75. The normalized spacial score (nSPS) is 9.83.